The smallest absolute Gasteiger partial charge is 0.303 e. The predicted molar refractivity (Wildman–Crippen MR) is 78.1 cm³/mol. The summed E-state index contributed by atoms with van der Waals surface area (Å²) in [7, 11) is 0. The maximum Gasteiger partial charge on any atom is 0.303 e. The second-order valence-corrected chi connectivity index (χ2v) is 5.38. The molecule has 0 saturated heterocycles. The van der Waals surface area contributed by atoms with Crippen LogP contribution in [0, 0.1) is 5.92 Å². The number of nitrogens with one attached hydrogen (secondary N) is 2. The molecule has 0 saturated carbocycles. The zero-order valence-electron chi connectivity index (χ0n) is 11.8. The monoisotopic (exact) mass is 290 g/mol. The van der Waals surface area contributed by atoms with Crippen molar-refractivity contribution >= 4 is 29.2 Å². The van der Waals surface area contributed by atoms with Gasteiger partial charge in [-0.2, -0.15) is 0 Å². The highest BCUT2D eigenvalue weighted by atomic mass is 16.4. The molecule has 0 fully saturated rings. The van der Waals surface area contributed by atoms with E-state index >= 15 is 0 Å². The molecule has 1 aromatic carbocycles. The van der Waals surface area contributed by atoms with Gasteiger partial charge in [-0.05, 0) is 36.1 Å². The fraction of sp³-hybridized carbons (Fsp3) is 0.400. The van der Waals surface area contributed by atoms with E-state index in [-0.39, 0.29) is 30.6 Å². The van der Waals surface area contributed by atoms with Crippen LogP contribution in [0.1, 0.15) is 31.7 Å². The maximum absolute atomic E-state index is 11.9. The molecule has 21 heavy (non-hydrogen) atoms. The van der Waals surface area contributed by atoms with Gasteiger partial charge in [0, 0.05) is 30.6 Å². The van der Waals surface area contributed by atoms with Gasteiger partial charge in [0.15, 0.2) is 0 Å². The first kappa shape index (κ1) is 15.0. The van der Waals surface area contributed by atoms with Crippen LogP contribution in [0.2, 0.25) is 0 Å². The number of carbonyl (C=O) groups is 3. The van der Waals surface area contributed by atoms with Crippen LogP contribution in [0.4, 0.5) is 11.4 Å². The summed E-state index contributed by atoms with van der Waals surface area (Å²) in [5, 5.41) is 14.2. The van der Waals surface area contributed by atoms with Crippen molar-refractivity contribution in [3.05, 3.63) is 23.8 Å². The zero-order valence-corrected chi connectivity index (χ0v) is 11.8. The number of carboxylic acid groups (broad SMARTS) is 1. The minimum Gasteiger partial charge on any atom is -0.481 e. The zero-order chi connectivity index (χ0) is 15.4. The maximum atomic E-state index is 11.9. The van der Waals surface area contributed by atoms with Crippen LogP contribution in [-0.2, 0) is 20.8 Å². The average molecular weight is 290 g/mol. The third-order valence-electron chi connectivity index (χ3n) is 3.34. The van der Waals surface area contributed by atoms with Crippen LogP contribution >= 0.6 is 0 Å². The van der Waals surface area contributed by atoms with Gasteiger partial charge in [0.05, 0.1) is 0 Å². The van der Waals surface area contributed by atoms with E-state index in [1.165, 1.54) is 0 Å². The Morgan fingerprint density at radius 3 is 2.81 bits per heavy atom. The summed E-state index contributed by atoms with van der Waals surface area (Å²) in [4.78, 5) is 33.7. The minimum absolute atomic E-state index is 0.00165. The summed E-state index contributed by atoms with van der Waals surface area (Å²) in [5.74, 6) is -1.32. The molecular weight excluding hydrogens is 272 g/mol. The molecule has 1 heterocycles. The summed E-state index contributed by atoms with van der Waals surface area (Å²) in [5.41, 5.74) is 2.44. The summed E-state index contributed by atoms with van der Waals surface area (Å²) in [6, 6.07) is 5.33. The van der Waals surface area contributed by atoms with Crippen LogP contribution < -0.4 is 10.6 Å². The van der Waals surface area contributed by atoms with Crippen LogP contribution in [0.3, 0.4) is 0 Å². The highest BCUT2D eigenvalue weighted by molar-refractivity contribution is 5.95. The molecule has 0 aromatic heterocycles. The second kappa shape index (κ2) is 6.39. The fourth-order valence-corrected chi connectivity index (χ4v) is 2.36. The van der Waals surface area contributed by atoms with Crippen molar-refractivity contribution in [1.29, 1.82) is 0 Å². The highest BCUT2D eigenvalue weighted by Crippen LogP contribution is 2.25. The van der Waals surface area contributed by atoms with Gasteiger partial charge in [0.25, 0.3) is 0 Å². The molecule has 2 rings (SSSR count). The van der Waals surface area contributed by atoms with E-state index in [1.807, 2.05) is 6.07 Å². The van der Waals surface area contributed by atoms with E-state index in [9.17, 15) is 14.4 Å². The number of carbonyl (C=O) groups excluding carboxylic acids is 2. The minimum atomic E-state index is -0.903. The number of aryl methyl sites for hydroxylation is 1. The third-order valence-corrected chi connectivity index (χ3v) is 3.34. The molecule has 0 aliphatic carbocycles. The molecule has 1 atom stereocenters. The Bertz CT molecular complexity index is 583. The van der Waals surface area contributed by atoms with Crippen molar-refractivity contribution in [1.82, 2.24) is 0 Å². The highest BCUT2D eigenvalue weighted by Gasteiger charge is 2.16. The van der Waals surface area contributed by atoms with Crippen molar-refractivity contribution in [2.75, 3.05) is 10.6 Å². The first-order valence-electron chi connectivity index (χ1n) is 6.88. The number of anilines is 2. The normalized spacial score (nSPS) is 14.8. The van der Waals surface area contributed by atoms with Crippen molar-refractivity contribution < 1.29 is 19.5 Å². The Kier molecular flexibility index (Phi) is 4.57. The summed E-state index contributed by atoms with van der Waals surface area (Å²) < 4.78 is 0. The first-order chi connectivity index (χ1) is 9.94. The lowest BCUT2D eigenvalue weighted by molar-refractivity contribution is -0.138. The van der Waals surface area contributed by atoms with Gasteiger partial charge in [-0.3, -0.25) is 14.4 Å². The number of aliphatic carboxylic acids is 1. The number of rotatable bonds is 5. The third kappa shape index (κ3) is 4.30. The van der Waals surface area contributed by atoms with Gasteiger partial charge >= 0.3 is 5.97 Å². The lowest BCUT2D eigenvalue weighted by Gasteiger charge is -2.18. The van der Waals surface area contributed by atoms with Crippen molar-refractivity contribution in [2.24, 2.45) is 5.92 Å². The van der Waals surface area contributed by atoms with Crippen molar-refractivity contribution in [3.63, 3.8) is 0 Å². The van der Waals surface area contributed by atoms with E-state index in [0.717, 1.165) is 11.3 Å². The number of amides is 2. The van der Waals surface area contributed by atoms with Gasteiger partial charge in [0.1, 0.15) is 0 Å². The van der Waals surface area contributed by atoms with E-state index in [1.54, 1.807) is 19.1 Å². The number of carboxylic acids is 1. The van der Waals surface area contributed by atoms with Gasteiger partial charge in [-0.1, -0.05) is 6.92 Å². The molecule has 1 aliphatic rings. The summed E-state index contributed by atoms with van der Waals surface area (Å²) in [6.07, 6.45) is 1.24. The molecule has 112 valence electrons. The Morgan fingerprint density at radius 1 is 1.33 bits per heavy atom. The molecule has 0 bridgehead atoms. The van der Waals surface area contributed by atoms with Gasteiger partial charge in [0.2, 0.25) is 11.8 Å². The topological polar surface area (TPSA) is 95.5 Å². The number of benzene rings is 1. The first-order valence-corrected chi connectivity index (χ1v) is 6.88. The summed E-state index contributed by atoms with van der Waals surface area (Å²) in [6.45, 7) is 1.73. The number of fused-ring (bicyclic) bond motifs is 1. The molecule has 0 unspecified atom stereocenters. The molecule has 6 heteroatoms. The van der Waals surface area contributed by atoms with E-state index in [2.05, 4.69) is 10.6 Å². The quantitative estimate of drug-likeness (QED) is 0.773. The van der Waals surface area contributed by atoms with Gasteiger partial charge in [-0.25, -0.2) is 0 Å². The Labute approximate surface area is 122 Å². The lowest BCUT2D eigenvalue weighted by Crippen LogP contribution is -2.20. The Balaban J connectivity index is 1.95. The summed E-state index contributed by atoms with van der Waals surface area (Å²) >= 11 is 0. The molecule has 1 aromatic rings. The second-order valence-electron chi connectivity index (χ2n) is 5.38. The fourth-order valence-electron chi connectivity index (χ4n) is 2.36. The molecule has 2 amide bonds. The standard InChI is InChI=1S/C15H18N2O4/c1-9(7-15(20)21)6-14(19)16-11-3-4-12-10(8-11)2-5-13(18)17-12/h3-4,8-9H,2,5-7H2,1H3,(H,16,19)(H,17,18)(H,20,21)/t9-/m0/s1. The number of hydrogen-bond donors (Lipinski definition) is 3. The van der Waals surface area contributed by atoms with Crippen molar-refractivity contribution in [2.45, 2.75) is 32.6 Å². The average Bonchev–Trinajstić information content (AvgIpc) is 2.37. The molecule has 1 aliphatic heterocycles. The van der Waals surface area contributed by atoms with E-state index in [4.69, 9.17) is 5.11 Å². The van der Waals surface area contributed by atoms with Crippen molar-refractivity contribution in [3.8, 4) is 0 Å². The van der Waals surface area contributed by atoms with Crippen LogP contribution in [0.5, 0.6) is 0 Å². The lowest BCUT2D eigenvalue weighted by atomic mass is 10.0. The van der Waals surface area contributed by atoms with E-state index in [0.29, 0.717) is 18.5 Å². The van der Waals surface area contributed by atoms with Crippen LogP contribution in [0.25, 0.3) is 0 Å². The number of hydrogen-bond acceptors (Lipinski definition) is 3. The molecule has 0 radical (unpaired) electrons. The van der Waals surface area contributed by atoms with Crippen LogP contribution in [-0.4, -0.2) is 22.9 Å². The Hall–Kier alpha value is -2.37. The van der Waals surface area contributed by atoms with E-state index < -0.39 is 5.97 Å². The molecule has 6 nitrogen and oxygen atoms in total. The Morgan fingerprint density at radius 2 is 2.10 bits per heavy atom. The van der Waals surface area contributed by atoms with Crippen LogP contribution in [0.15, 0.2) is 18.2 Å². The molecule has 3 N–H and O–H groups in total. The largest absolute Gasteiger partial charge is 0.481 e. The SMILES string of the molecule is C[C@H](CC(=O)O)CC(=O)Nc1ccc2c(c1)CCC(=O)N2. The van der Waals surface area contributed by atoms with Gasteiger partial charge in [-0.15, -0.1) is 0 Å². The molecule has 0 spiro atoms. The van der Waals surface area contributed by atoms with Gasteiger partial charge < -0.3 is 15.7 Å². The predicted octanol–water partition coefficient (Wildman–Crippen LogP) is 2.01. The molecular formula is C15H18N2O4.